The van der Waals surface area contributed by atoms with E-state index in [0.717, 1.165) is 33.4 Å². The van der Waals surface area contributed by atoms with Crippen molar-refractivity contribution >= 4 is 22.6 Å². The van der Waals surface area contributed by atoms with Gasteiger partial charge in [0.2, 0.25) is 5.78 Å². The maximum atomic E-state index is 12.3. The predicted molar refractivity (Wildman–Crippen MR) is 87.2 cm³/mol. The van der Waals surface area contributed by atoms with Crippen LogP contribution < -0.4 is 4.74 Å². The fourth-order valence-corrected chi connectivity index (χ4v) is 2.95. The highest BCUT2D eigenvalue weighted by Crippen LogP contribution is 2.25. The third-order valence-corrected chi connectivity index (χ3v) is 4.11. The Kier molecular flexibility index (Phi) is 2.86. The van der Waals surface area contributed by atoms with Crippen LogP contribution in [0.4, 0.5) is 0 Å². The van der Waals surface area contributed by atoms with Crippen LogP contribution in [0.2, 0.25) is 0 Å². The second-order valence-corrected chi connectivity index (χ2v) is 5.49. The summed E-state index contributed by atoms with van der Waals surface area (Å²) in [4.78, 5) is 12.3. The molecule has 0 N–H and O–H groups in total. The SMILES string of the molecule is COc1ccc2cc(/C=C3/Cn4cccc4C3=O)ccc2c1. The zero-order valence-electron chi connectivity index (χ0n) is 12.2. The minimum absolute atomic E-state index is 0.125. The molecule has 108 valence electrons. The van der Waals surface area contributed by atoms with Crippen LogP contribution >= 0.6 is 0 Å². The Labute approximate surface area is 128 Å². The number of Topliss-reactive ketones (excluding diaryl/α,β-unsaturated/α-hetero) is 1. The van der Waals surface area contributed by atoms with Crippen LogP contribution in [-0.2, 0) is 6.54 Å². The van der Waals surface area contributed by atoms with Gasteiger partial charge in [0, 0.05) is 11.8 Å². The Morgan fingerprint density at radius 1 is 1.09 bits per heavy atom. The maximum absolute atomic E-state index is 12.3. The molecule has 0 unspecified atom stereocenters. The summed E-state index contributed by atoms with van der Waals surface area (Å²) in [5, 5.41) is 2.27. The molecule has 0 spiro atoms. The molecule has 0 amide bonds. The lowest BCUT2D eigenvalue weighted by Crippen LogP contribution is -1.94. The van der Waals surface area contributed by atoms with Crippen LogP contribution in [0.5, 0.6) is 5.75 Å². The normalized spacial score (nSPS) is 15.5. The zero-order valence-corrected chi connectivity index (χ0v) is 12.2. The van der Waals surface area contributed by atoms with Crippen LogP contribution in [0.1, 0.15) is 16.1 Å². The number of carbonyl (C=O) groups excluding carboxylic acids is 1. The zero-order chi connectivity index (χ0) is 15.1. The number of carbonyl (C=O) groups is 1. The van der Waals surface area contributed by atoms with E-state index in [1.54, 1.807) is 7.11 Å². The predicted octanol–water partition coefficient (Wildman–Crippen LogP) is 3.93. The summed E-state index contributed by atoms with van der Waals surface area (Å²) < 4.78 is 7.23. The number of nitrogens with zero attached hydrogens (tertiary/aromatic N) is 1. The molecule has 3 nitrogen and oxygen atoms in total. The summed E-state index contributed by atoms with van der Waals surface area (Å²) in [6, 6.07) is 16.0. The summed E-state index contributed by atoms with van der Waals surface area (Å²) >= 11 is 0. The number of ether oxygens (including phenoxy) is 1. The standard InChI is InChI=1S/C19H15NO2/c1-22-17-7-6-14-9-13(4-5-15(14)11-17)10-16-12-20-8-2-3-18(20)19(16)21/h2-11H,12H2,1H3/b16-10-. The van der Waals surface area contributed by atoms with Crippen molar-refractivity contribution in [3.63, 3.8) is 0 Å². The molecule has 0 atom stereocenters. The molecule has 2 heterocycles. The molecule has 3 aromatic rings. The molecule has 0 fully saturated rings. The maximum Gasteiger partial charge on any atom is 0.207 e. The van der Waals surface area contributed by atoms with Gasteiger partial charge in [0.1, 0.15) is 5.75 Å². The van der Waals surface area contributed by atoms with Gasteiger partial charge in [-0.2, -0.15) is 0 Å². The van der Waals surface area contributed by atoms with Crippen LogP contribution in [0, 0.1) is 0 Å². The summed E-state index contributed by atoms with van der Waals surface area (Å²) in [7, 11) is 1.67. The minimum atomic E-state index is 0.125. The number of aromatic nitrogens is 1. The quantitative estimate of drug-likeness (QED) is 0.669. The third-order valence-electron chi connectivity index (χ3n) is 4.11. The van der Waals surface area contributed by atoms with Crippen LogP contribution in [0.25, 0.3) is 16.8 Å². The number of methoxy groups -OCH3 is 1. The van der Waals surface area contributed by atoms with Crippen LogP contribution in [0.3, 0.4) is 0 Å². The van der Waals surface area contributed by atoms with Crippen molar-refractivity contribution in [2.24, 2.45) is 0 Å². The number of rotatable bonds is 2. The Bertz CT molecular complexity index is 918. The Morgan fingerprint density at radius 3 is 2.73 bits per heavy atom. The van der Waals surface area contributed by atoms with E-state index in [9.17, 15) is 4.79 Å². The van der Waals surface area contributed by atoms with E-state index >= 15 is 0 Å². The first-order valence-electron chi connectivity index (χ1n) is 7.23. The van der Waals surface area contributed by atoms with Crippen molar-refractivity contribution in [1.29, 1.82) is 0 Å². The number of hydrogen-bond acceptors (Lipinski definition) is 2. The minimum Gasteiger partial charge on any atom is -0.497 e. The lowest BCUT2D eigenvalue weighted by atomic mass is 10.0. The molecule has 0 aliphatic carbocycles. The average Bonchev–Trinajstić information content (AvgIpc) is 3.11. The average molecular weight is 289 g/mol. The van der Waals surface area contributed by atoms with Gasteiger partial charge in [0.05, 0.1) is 19.3 Å². The molecule has 1 aliphatic heterocycles. The van der Waals surface area contributed by atoms with E-state index in [4.69, 9.17) is 4.74 Å². The summed E-state index contributed by atoms with van der Waals surface area (Å²) in [5.41, 5.74) is 2.66. The summed E-state index contributed by atoms with van der Waals surface area (Å²) in [5.74, 6) is 0.976. The molecular formula is C19H15NO2. The van der Waals surface area contributed by atoms with Gasteiger partial charge in [-0.05, 0) is 52.7 Å². The van der Waals surface area contributed by atoms with Gasteiger partial charge in [0.25, 0.3) is 0 Å². The molecule has 0 radical (unpaired) electrons. The third kappa shape index (κ3) is 2.02. The molecule has 0 saturated heterocycles. The number of hydrogen-bond donors (Lipinski definition) is 0. The van der Waals surface area contributed by atoms with Crippen molar-refractivity contribution in [3.8, 4) is 5.75 Å². The fraction of sp³-hybridized carbons (Fsp3) is 0.105. The van der Waals surface area contributed by atoms with Gasteiger partial charge in [-0.15, -0.1) is 0 Å². The van der Waals surface area contributed by atoms with Gasteiger partial charge >= 0.3 is 0 Å². The van der Waals surface area contributed by atoms with Gasteiger partial charge < -0.3 is 9.30 Å². The second-order valence-electron chi connectivity index (χ2n) is 5.49. The van der Waals surface area contributed by atoms with Crippen LogP contribution in [-0.4, -0.2) is 17.5 Å². The second kappa shape index (κ2) is 4.88. The molecule has 22 heavy (non-hydrogen) atoms. The van der Waals surface area contributed by atoms with Crippen molar-refractivity contribution < 1.29 is 9.53 Å². The topological polar surface area (TPSA) is 31.2 Å². The molecule has 3 heteroatoms. The molecular weight excluding hydrogens is 274 g/mol. The Morgan fingerprint density at radius 2 is 1.91 bits per heavy atom. The van der Waals surface area contributed by atoms with Gasteiger partial charge in [-0.1, -0.05) is 18.2 Å². The highest BCUT2D eigenvalue weighted by molar-refractivity contribution is 6.12. The van der Waals surface area contributed by atoms with Crippen LogP contribution in [0.15, 0.2) is 60.3 Å². The first-order chi connectivity index (χ1) is 10.7. The first-order valence-corrected chi connectivity index (χ1v) is 7.23. The monoisotopic (exact) mass is 289 g/mol. The molecule has 0 bridgehead atoms. The lowest BCUT2D eigenvalue weighted by molar-refractivity contribution is 0.103. The number of benzene rings is 2. The lowest BCUT2D eigenvalue weighted by Gasteiger charge is -2.04. The van der Waals surface area contributed by atoms with E-state index in [-0.39, 0.29) is 5.78 Å². The van der Waals surface area contributed by atoms with E-state index in [0.29, 0.717) is 6.54 Å². The molecule has 1 aromatic heterocycles. The molecule has 4 rings (SSSR count). The molecule has 2 aromatic carbocycles. The van der Waals surface area contributed by atoms with Crippen molar-refractivity contribution in [2.45, 2.75) is 6.54 Å². The Hall–Kier alpha value is -2.81. The number of ketones is 1. The number of fused-ring (bicyclic) bond motifs is 2. The highest BCUT2D eigenvalue weighted by atomic mass is 16.5. The summed E-state index contributed by atoms with van der Waals surface area (Å²) in [6.07, 6.45) is 3.93. The smallest absolute Gasteiger partial charge is 0.207 e. The van der Waals surface area contributed by atoms with Gasteiger partial charge in [0.15, 0.2) is 0 Å². The highest BCUT2D eigenvalue weighted by Gasteiger charge is 2.23. The first kappa shape index (κ1) is 12.9. The van der Waals surface area contributed by atoms with E-state index < -0.39 is 0 Å². The van der Waals surface area contributed by atoms with Crippen molar-refractivity contribution in [1.82, 2.24) is 4.57 Å². The van der Waals surface area contributed by atoms with Crippen molar-refractivity contribution in [3.05, 3.63) is 71.6 Å². The van der Waals surface area contributed by atoms with E-state index in [1.165, 1.54) is 0 Å². The van der Waals surface area contributed by atoms with Crippen molar-refractivity contribution in [2.75, 3.05) is 7.11 Å². The Balaban J connectivity index is 1.72. The molecule has 0 saturated carbocycles. The molecule has 1 aliphatic rings. The summed E-state index contributed by atoms with van der Waals surface area (Å²) in [6.45, 7) is 0.655. The largest absolute Gasteiger partial charge is 0.497 e. The van der Waals surface area contributed by atoms with E-state index in [2.05, 4.69) is 12.1 Å². The van der Waals surface area contributed by atoms with Gasteiger partial charge in [-0.3, -0.25) is 4.79 Å². The van der Waals surface area contributed by atoms with Gasteiger partial charge in [-0.25, -0.2) is 0 Å². The van der Waals surface area contributed by atoms with E-state index in [1.807, 2.05) is 53.2 Å². The number of allylic oxidation sites excluding steroid dienone is 1. The fourth-order valence-electron chi connectivity index (χ4n) is 2.95.